The molecule has 19 heavy (non-hydrogen) atoms. The Morgan fingerprint density at radius 1 is 1.42 bits per heavy atom. The highest BCUT2D eigenvalue weighted by molar-refractivity contribution is 8.15. The Morgan fingerprint density at radius 2 is 2.16 bits per heavy atom. The first-order valence-electron chi connectivity index (χ1n) is 5.65. The zero-order chi connectivity index (χ0) is 13.8. The number of fused-ring (bicyclic) bond motifs is 2. The maximum Gasteiger partial charge on any atom is 0.417 e. The van der Waals surface area contributed by atoms with E-state index >= 15 is 0 Å². The van der Waals surface area contributed by atoms with Crippen LogP contribution in [0.2, 0.25) is 5.02 Å². The number of thioether (sulfide) groups is 1. The van der Waals surface area contributed by atoms with Crippen molar-refractivity contribution in [1.82, 2.24) is 5.32 Å². The summed E-state index contributed by atoms with van der Waals surface area (Å²) in [6, 6.07) is 3.66. The molecule has 1 aromatic rings. The summed E-state index contributed by atoms with van der Waals surface area (Å²) in [6.45, 7) is 0.507. The minimum atomic E-state index is -4.48. The lowest BCUT2D eigenvalue weighted by atomic mass is 9.94. The summed E-state index contributed by atoms with van der Waals surface area (Å²) in [5.74, 6) is 0. The summed E-state index contributed by atoms with van der Waals surface area (Å²) in [6.07, 6.45) is -3.95. The van der Waals surface area contributed by atoms with Gasteiger partial charge in [0.15, 0.2) is 0 Å². The predicted octanol–water partition coefficient (Wildman–Crippen LogP) is 3.19. The summed E-state index contributed by atoms with van der Waals surface area (Å²) in [5.41, 5.74) is -0.334. The molecule has 3 rings (SSSR count). The molecule has 2 aliphatic heterocycles. The molecule has 2 fully saturated rings. The molecule has 2 bridgehead atoms. The van der Waals surface area contributed by atoms with Crippen LogP contribution >= 0.6 is 23.4 Å². The normalized spacial score (nSPS) is 30.1. The highest BCUT2D eigenvalue weighted by Crippen LogP contribution is 2.52. The Hall–Kier alpha value is -0.720. The van der Waals surface area contributed by atoms with Crippen molar-refractivity contribution in [3.63, 3.8) is 0 Å². The van der Waals surface area contributed by atoms with Gasteiger partial charge in [-0.25, -0.2) is 0 Å². The van der Waals surface area contributed by atoms with Gasteiger partial charge >= 0.3 is 6.18 Å². The van der Waals surface area contributed by atoms with Gasteiger partial charge in [0.2, 0.25) is 5.12 Å². The van der Waals surface area contributed by atoms with Crippen LogP contribution in [-0.2, 0) is 15.7 Å². The molecular weight excluding hydrogens is 299 g/mol. The number of nitrogens with one attached hydrogen (secondary N) is 1. The van der Waals surface area contributed by atoms with E-state index in [1.54, 1.807) is 6.07 Å². The van der Waals surface area contributed by atoms with Gasteiger partial charge in [0.25, 0.3) is 0 Å². The predicted molar refractivity (Wildman–Crippen MR) is 67.1 cm³/mol. The van der Waals surface area contributed by atoms with Crippen LogP contribution in [0.15, 0.2) is 18.2 Å². The quantitative estimate of drug-likeness (QED) is 0.864. The Balaban J connectivity index is 2.05. The van der Waals surface area contributed by atoms with E-state index in [0.29, 0.717) is 18.5 Å². The summed E-state index contributed by atoms with van der Waals surface area (Å²) in [5, 5.41) is 2.71. The summed E-state index contributed by atoms with van der Waals surface area (Å²) >= 11 is 6.74. The van der Waals surface area contributed by atoms with Crippen molar-refractivity contribution in [2.45, 2.75) is 23.4 Å². The van der Waals surface area contributed by atoms with E-state index in [1.165, 1.54) is 6.07 Å². The third kappa shape index (κ3) is 2.06. The van der Waals surface area contributed by atoms with E-state index in [-0.39, 0.29) is 16.2 Å². The molecule has 0 radical (unpaired) electrons. The third-order valence-corrected chi connectivity index (χ3v) is 5.30. The van der Waals surface area contributed by atoms with E-state index in [0.717, 1.165) is 17.8 Å². The summed E-state index contributed by atoms with van der Waals surface area (Å²) < 4.78 is 38.0. The lowest BCUT2D eigenvalue weighted by Gasteiger charge is -2.26. The number of rotatable bonds is 1. The maximum atomic E-state index is 12.9. The fourth-order valence-corrected chi connectivity index (χ4v) is 4.14. The zero-order valence-electron chi connectivity index (χ0n) is 9.55. The molecule has 2 nitrogen and oxygen atoms in total. The largest absolute Gasteiger partial charge is 0.417 e. The van der Waals surface area contributed by atoms with Gasteiger partial charge in [-0.2, -0.15) is 13.2 Å². The van der Waals surface area contributed by atoms with Gasteiger partial charge in [-0.05, 0) is 24.1 Å². The Morgan fingerprint density at radius 3 is 2.68 bits per heavy atom. The second kappa shape index (κ2) is 4.14. The second-order valence-electron chi connectivity index (χ2n) is 4.75. The highest BCUT2D eigenvalue weighted by atomic mass is 35.5. The molecule has 7 heteroatoms. The van der Waals surface area contributed by atoms with Crippen LogP contribution in [0.4, 0.5) is 13.2 Å². The lowest BCUT2D eigenvalue weighted by Crippen LogP contribution is -2.34. The van der Waals surface area contributed by atoms with Crippen LogP contribution in [-0.4, -0.2) is 17.7 Å². The van der Waals surface area contributed by atoms with E-state index in [1.807, 2.05) is 0 Å². The number of carbonyl (C=O) groups is 1. The number of alkyl halides is 3. The lowest BCUT2D eigenvalue weighted by molar-refractivity contribution is -0.137. The third-order valence-electron chi connectivity index (χ3n) is 3.55. The standard InChI is InChI=1S/C12H9ClF3NOS/c13-8-2-1-6(3-7(8)12(14,15)16)11-4-9(17-5-11)10(18)19-11/h1-3,9,17H,4-5H2. The topological polar surface area (TPSA) is 29.1 Å². The fourth-order valence-electron chi connectivity index (χ4n) is 2.57. The van der Waals surface area contributed by atoms with Gasteiger partial charge in [-0.1, -0.05) is 29.4 Å². The van der Waals surface area contributed by atoms with Gasteiger partial charge in [0, 0.05) is 6.54 Å². The van der Waals surface area contributed by atoms with Crippen molar-refractivity contribution in [3.05, 3.63) is 34.3 Å². The smallest absolute Gasteiger partial charge is 0.305 e. The first kappa shape index (κ1) is 13.3. The van der Waals surface area contributed by atoms with Gasteiger partial charge in [0.05, 0.1) is 21.4 Å². The van der Waals surface area contributed by atoms with Crippen molar-refractivity contribution in [2.75, 3.05) is 6.54 Å². The van der Waals surface area contributed by atoms with Gasteiger partial charge in [0.1, 0.15) is 0 Å². The van der Waals surface area contributed by atoms with E-state index in [4.69, 9.17) is 11.6 Å². The first-order valence-corrected chi connectivity index (χ1v) is 6.85. The van der Waals surface area contributed by atoms with E-state index in [9.17, 15) is 18.0 Å². The van der Waals surface area contributed by atoms with Crippen LogP contribution in [0.25, 0.3) is 0 Å². The molecule has 0 spiro atoms. The molecule has 0 saturated carbocycles. The molecule has 2 heterocycles. The molecule has 1 aromatic carbocycles. The Labute approximate surface area is 116 Å². The average molecular weight is 308 g/mol. The first-order chi connectivity index (χ1) is 8.82. The number of carbonyl (C=O) groups excluding carboxylic acids is 1. The molecular formula is C12H9ClF3NOS. The minimum Gasteiger partial charge on any atom is -0.305 e. The summed E-state index contributed by atoms with van der Waals surface area (Å²) in [4.78, 5) is 11.6. The Bertz CT molecular complexity index is 562. The minimum absolute atomic E-state index is 0.00485. The molecule has 0 aliphatic carbocycles. The maximum absolute atomic E-state index is 12.9. The average Bonchev–Trinajstić information content (AvgIpc) is 2.86. The van der Waals surface area contributed by atoms with Crippen LogP contribution in [0, 0.1) is 0 Å². The molecule has 102 valence electrons. The van der Waals surface area contributed by atoms with Gasteiger partial charge in [-0.15, -0.1) is 0 Å². The molecule has 2 atom stereocenters. The molecule has 2 aliphatic rings. The van der Waals surface area contributed by atoms with Crippen LogP contribution < -0.4 is 5.32 Å². The molecule has 0 aromatic heterocycles. The highest BCUT2D eigenvalue weighted by Gasteiger charge is 2.52. The molecule has 0 amide bonds. The van der Waals surface area contributed by atoms with Gasteiger partial charge in [-0.3, -0.25) is 4.79 Å². The van der Waals surface area contributed by atoms with E-state index in [2.05, 4.69) is 5.32 Å². The fraction of sp³-hybridized carbons (Fsp3) is 0.417. The van der Waals surface area contributed by atoms with Crippen molar-refractivity contribution in [2.24, 2.45) is 0 Å². The van der Waals surface area contributed by atoms with Crippen molar-refractivity contribution >= 4 is 28.5 Å². The van der Waals surface area contributed by atoms with Crippen LogP contribution in [0.5, 0.6) is 0 Å². The molecule has 1 N–H and O–H groups in total. The number of hydrogen-bond donors (Lipinski definition) is 1. The second-order valence-corrected chi connectivity index (χ2v) is 6.54. The Kier molecular flexibility index (Phi) is 2.89. The summed E-state index contributed by atoms with van der Waals surface area (Å²) in [7, 11) is 0. The number of benzene rings is 1. The van der Waals surface area contributed by atoms with Gasteiger partial charge < -0.3 is 5.32 Å². The van der Waals surface area contributed by atoms with Crippen LogP contribution in [0.1, 0.15) is 17.5 Å². The molecule has 2 unspecified atom stereocenters. The number of hydrogen-bond acceptors (Lipinski definition) is 3. The molecule has 2 saturated heterocycles. The zero-order valence-corrected chi connectivity index (χ0v) is 11.1. The monoisotopic (exact) mass is 307 g/mol. The van der Waals surface area contributed by atoms with E-state index < -0.39 is 16.5 Å². The van der Waals surface area contributed by atoms with Crippen molar-refractivity contribution < 1.29 is 18.0 Å². The van der Waals surface area contributed by atoms with Crippen LogP contribution in [0.3, 0.4) is 0 Å². The van der Waals surface area contributed by atoms with Crippen molar-refractivity contribution in [1.29, 1.82) is 0 Å². The SMILES string of the molecule is O=C1SC2(c3ccc(Cl)c(C(F)(F)F)c3)CNC1C2. The van der Waals surface area contributed by atoms with Crippen molar-refractivity contribution in [3.8, 4) is 0 Å². The number of halogens is 4.